The van der Waals surface area contributed by atoms with Crippen LogP contribution >= 0.6 is 0 Å². The first kappa shape index (κ1) is 14.5. The number of nitrogens with two attached hydrogens (primary N) is 1. The van der Waals surface area contributed by atoms with Gasteiger partial charge in [0.15, 0.2) is 0 Å². The highest BCUT2D eigenvalue weighted by molar-refractivity contribution is 5.25. The minimum Gasteiger partial charge on any atom is -0.480 e. The third-order valence-corrected chi connectivity index (χ3v) is 5.10. The quantitative estimate of drug-likeness (QED) is 0.615. The van der Waals surface area contributed by atoms with Crippen LogP contribution in [0.4, 0.5) is 0 Å². The van der Waals surface area contributed by atoms with Crippen LogP contribution < -0.4 is 20.7 Å². The molecule has 21 heavy (non-hydrogen) atoms. The van der Waals surface area contributed by atoms with Crippen molar-refractivity contribution in [1.82, 2.24) is 15.4 Å². The molecule has 6 nitrogen and oxygen atoms in total. The summed E-state index contributed by atoms with van der Waals surface area (Å²) in [5.74, 6) is 9.24. The Bertz CT molecular complexity index is 497. The second-order valence-corrected chi connectivity index (χ2v) is 6.20. The van der Waals surface area contributed by atoms with Gasteiger partial charge in [0.05, 0.1) is 26.5 Å². The number of rotatable bonds is 6. The third kappa shape index (κ3) is 2.82. The van der Waals surface area contributed by atoms with E-state index in [2.05, 4.69) is 15.4 Å². The Balaban J connectivity index is 1.76. The number of hydrogen-bond donors (Lipinski definition) is 2. The molecular weight excluding hydrogens is 268 g/mol. The van der Waals surface area contributed by atoms with Gasteiger partial charge in [-0.2, -0.15) is 4.98 Å². The smallest absolute Gasteiger partial charge is 0.240 e. The first-order valence-electron chi connectivity index (χ1n) is 7.66. The van der Waals surface area contributed by atoms with E-state index < -0.39 is 0 Å². The van der Waals surface area contributed by atoms with Gasteiger partial charge in [0.2, 0.25) is 11.8 Å². The lowest BCUT2D eigenvalue weighted by Crippen LogP contribution is -2.32. The number of nitrogens with zero attached hydrogens (tertiary/aromatic N) is 2. The third-order valence-electron chi connectivity index (χ3n) is 5.10. The van der Waals surface area contributed by atoms with Crippen LogP contribution in [0.3, 0.4) is 0 Å². The van der Waals surface area contributed by atoms with Crippen LogP contribution in [-0.2, 0) is 0 Å². The first-order chi connectivity index (χ1) is 10.2. The summed E-state index contributed by atoms with van der Waals surface area (Å²) in [6, 6.07) is -0.0253. The maximum absolute atomic E-state index is 5.77. The van der Waals surface area contributed by atoms with Gasteiger partial charge in [0.25, 0.3) is 0 Å². The molecule has 2 saturated carbocycles. The second-order valence-electron chi connectivity index (χ2n) is 6.20. The number of ether oxygens (including phenoxy) is 2. The largest absolute Gasteiger partial charge is 0.480 e. The van der Waals surface area contributed by atoms with Gasteiger partial charge in [-0.15, -0.1) is 0 Å². The number of nitrogens with one attached hydrogen (secondary N) is 1. The van der Waals surface area contributed by atoms with E-state index in [-0.39, 0.29) is 6.04 Å². The van der Waals surface area contributed by atoms with Crippen molar-refractivity contribution in [1.29, 1.82) is 0 Å². The van der Waals surface area contributed by atoms with Gasteiger partial charge in [0, 0.05) is 0 Å². The molecule has 1 heterocycles. The SMILES string of the molecule is COc1cnc(C(CC2CC3CCC2C3)NN)c(OC)n1. The Morgan fingerprint density at radius 1 is 1.33 bits per heavy atom. The number of methoxy groups -OCH3 is 2. The zero-order chi connectivity index (χ0) is 14.8. The van der Waals surface area contributed by atoms with Gasteiger partial charge in [-0.25, -0.2) is 4.98 Å². The van der Waals surface area contributed by atoms with Gasteiger partial charge < -0.3 is 9.47 Å². The molecule has 0 amide bonds. The summed E-state index contributed by atoms with van der Waals surface area (Å²) in [5.41, 5.74) is 3.66. The van der Waals surface area contributed by atoms with Crippen LogP contribution in [0.2, 0.25) is 0 Å². The van der Waals surface area contributed by atoms with Gasteiger partial charge in [-0.1, -0.05) is 6.42 Å². The van der Waals surface area contributed by atoms with Crippen LogP contribution in [0.5, 0.6) is 11.8 Å². The molecule has 2 fully saturated rings. The second kappa shape index (κ2) is 6.15. The maximum Gasteiger partial charge on any atom is 0.240 e. The number of hydrogen-bond acceptors (Lipinski definition) is 6. The molecule has 1 aromatic heterocycles. The van der Waals surface area contributed by atoms with Crippen molar-refractivity contribution in [3.63, 3.8) is 0 Å². The monoisotopic (exact) mass is 292 g/mol. The van der Waals surface area contributed by atoms with E-state index in [1.807, 2.05) is 0 Å². The summed E-state index contributed by atoms with van der Waals surface area (Å²) < 4.78 is 10.4. The standard InChI is InChI=1S/C15H24N4O2/c1-20-13-8-17-14(15(18-13)21-2)12(19-16)7-11-6-9-3-4-10(11)5-9/h8-12,19H,3-7,16H2,1-2H3. The fraction of sp³-hybridized carbons (Fsp3) is 0.733. The number of aromatic nitrogens is 2. The lowest BCUT2D eigenvalue weighted by molar-refractivity contribution is 0.271. The highest BCUT2D eigenvalue weighted by atomic mass is 16.5. The van der Waals surface area contributed by atoms with Crippen molar-refractivity contribution in [2.45, 2.75) is 38.1 Å². The van der Waals surface area contributed by atoms with E-state index in [9.17, 15) is 0 Å². The molecule has 2 aliphatic rings. The predicted octanol–water partition coefficient (Wildman–Crippen LogP) is 1.82. The van der Waals surface area contributed by atoms with E-state index in [0.717, 1.165) is 29.9 Å². The average molecular weight is 292 g/mol. The normalized spacial score (nSPS) is 28.6. The van der Waals surface area contributed by atoms with Crippen LogP contribution in [0.25, 0.3) is 0 Å². The van der Waals surface area contributed by atoms with Crippen molar-refractivity contribution in [2.75, 3.05) is 14.2 Å². The molecule has 3 rings (SSSR count). The molecule has 4 unspecified atom stereocenters. The minimum absolute atomic E-state index is 0.0253. The van der Waals surface area contributed by atoms with Gasteiger partial charge in [0.1, 0.15) is 5.69 Å². The van der Waals surface area contributed by atoms with Gasteiger partial charge >= 0.3 is 0 Å². The van der Waals surface area contributed by atoms with Crippen LogP contribution in [0.1, 0.15) is 43.8 Å². The number of hydrazine groups is 1. The first-order valence-corrected chi connectivity index (χ1v) is 7.66. The van der Waals surface area contributed by atoms with Crippen LogP contribution in [0, 0.1) is 17.8 Å². The maximum atomic E-state index is 5.77. The van der Waals surface area contributed by atoms with Crippen molar-refractivity contribution in [2.24, 2.45) is 23.6 Å². The van der Waals surface area contributed by atoms with Crippen LogP contribution in [0.15, 0.2) is 6.20 Å². The van der Waals surface area contributed by atoms with Gasteiger partial charge in [-0.3, -0.25) is 11.3 Å². The Hall–Kier alpha value is -1.40. The Kier molecular flexibility index (Phi) is 4.26. The van der Waals surface area contributed by atoms with Crippen molar-refractivity contribution < 1.29 is 9.47 Å². The molecule has 2 bridgehead atoms. The molecule has 6 heteroatoms. The molecule has 0 spiro atoms. The summed E-state index contributed by atoms with van der Waals surface area (Å²) in [5, 5.41) is 0. The van der Waals surface area contributed by atoms with Gasteiger partial charge in [-0.05, 0) is 43.4 Å². The van der Waals surface area contributed by atoms with Crippen molar-refractivity contribution in [3.8, 4) is 11.8 Å². The molecule has 1 aromatic rings. The topological polar surface area (TPSA) is 82.3 Å². The summed E-state index contributed by atoms with van der Waals surface area (Å²) in [6.07, 6.45) is 8.12. The summed E-state index contributed by atoms with van der Waals surface area (Å²) in [6.45, 7) is 0. The lowest BCUT2D eigenvalue weighted by Gasteiger charge is -2.26. The van der Waals surface area contributed by atoms with E-state index in [4.69, 9.17) is 15.3 Å². The molecule has 0 radical (unpaired) electrons. The fourth-order valence-electron chi connectivity index (χ4n) is 4.08. The summed E-state index contributed by atoms with van der Waals surface area (Å²) in [4.78, 5) is 8.74. The van der Waals surface area contributed by atoms with E-state index in [1.54, 1.807) is 20.4 Å². The summed E-state index contributed by atoms with van der Waals surface area (Å²) in [7, 11) is 3.16. The van der Waals surface area contributed by atoms with E-state index in [1.165, 1.54) is 25.7 Å². The Morgan fingerprint density at radius 3 is 2.76 bits per heavy atom. The molecule has 0 aromatic carbocycles. The van der Waals surface area contributed by atoms with Crippen LogP contribution in [-0.4, -0.2) is 24.2 Å². The molecule has 0 saturated heterocycles. The molecular formula is C15H24N4O2. The fourth-order valence-corrected chi connectivity index (χ4v) is 4.08. The molecule has 0 aliphatic heterocycles. The van der Waals surface area contributed by atoms with E-state index >= 15 is 0 Å². The van der Waals surface area contributed by atoms with Crippen molar-refractivity contribution >= 4 is 0 Å². The minimum atomic E-state index is -0.0253. The molecule has 3 N–H and O–H groups in total. The zero-order valence-corrected chi connectivity index (χ0v) is 12.7. The highest BCUT2D eigenvalue weighted by Crippen LogP contribution is 2.51. The Labute approximate surface area is 125 Å². The molecule has 4 atom stereocenters. The predicted molar refractivity (Wildman–Crippen MR) is 78.8 cm³/mol. The number of fused-ring (bicyclic) bond motifs is 2. The Morgan fingerprint density at radius 2 is 2.19 bits per heavy atom. The lowest BCUT2D eigenvalue weighted by atomic mass is 9.83. The summed E-state index contributed by atoms with van der Waals surface area (Å²) >= 11 is 0. The highest BCUT2D eigenvalue weighted by Gasteiger charge is 2.40. The molecule has 116 valence electrons. The van der Waals surface area contributed by atoms with E-state index in [0.29, 0.717) is 11.8 Å². The zero-order valence-electron chi connectivity index (χ0n) is 12.7. The average Bonchev–Trinajstić information content (AvgIpc) is 3.14. The van der Waals surface area contributed by atoms with Crippen molar-refractivity contribution in [3.05, 3.63) is 11.9 Å². The molecule has 2 aliphatic carbocycles.